The molecule has 2 aliphatic rings. The van der Waals surface area contributed by atoms with Crippen LogP contribution in [0.4, 0.5) is 4.79 Å². The summed E-state index contributed by atoms with van der Waals surface area (Å²) in [6.45, 7) is 10.3. The number of nitrogens with two attached hydrogens (primary N) is 1. The number of nitrogens with one attached hydrogen (secondary N) is 2. The topological polar surface area (TPSA) is 202 Å². The molecule has 6 atom stereocenters. The molecule has 0 saturated carbocycles. The number of hydrogen-bond acceptors (Lipinski definition) is 12. The van der Waals surface area contributed by atoms with Crippen LogP contribution in [0, 0.1) is 11.8 Å². The molecule has 0 aromatic rings. The molecule has 1 aliphatic heterocycles. The van der Waals surface area contributed by atoms with Gasteiger partial charge in [-0.3, -0.25) is 18.9 Å². The maximum absolute atomic E-state index is 13.9. The predicted molar refractivity (Wildman–Crippen MR) is 178 cm³/mol. The molecule has 1 heterocycles. The van der Waals surface area contributed by atoms with Crippen molar-refractivity contribution in [2.45, 2.75) is 78.8 Å². The Morgan fingerprint density at radius 1 is 1.10 bits per heavy atom. The summed E-state index contributed by atoms with van der Waals surface area (Å²) in [5.74, 6) is -2.68. The van der Waals surface area contributed by atoms with Crippen LogP contribution in [0.25, 0.3) is 0 Å². The number of carbonyl (C=O) groups excluding carboxylic acids is 4. The zero-order valence-electron chi connectivity index (χ0n) is 28.9. The molecule has 14 nitrogen and oxygen atoms in total. The first-order valence-electron chi connectivity index (χ1n) is 15.8. The molecule has 5 N–H and O–H groups in total. The van der Waals surface area contributed by atoms with Crippen molar-refractivity contribution in [2.24, 2.45) is 17.6 Å². The van der Waals surface area contributed by atoms with E-state index in [-0.39, 0.29) is 60.8 Å². The number of hydrogen-bond donors (Lipinski definition) is 4. The summed E-state index contributed by atoms with van der Waals surface area (Å²) in [4.78, 5) is 52.2. The Balaban J connectivity index is 2.64. The van der Waals surface area contributed by atoms with E-state index in [2.05, 4.69) is 10.6 Å². The highest BCUT2D eigenvalue weighted by molar-refractivity contribution is 7.53. The van der Waals surface area contributed by atoms with Gasteiger partial charge >= 0.3 is 13.7 Å². The van der Waals surface area contributed by atoms with Crippen LogP contribution in [-0.2, 0) is 42.2 Å². The maximum atomic E-state index is 13.9. The molecule has 2 bridgehead atoms. The summed E-state index contributed by atoms with van der Waals surface area (Å²) in [5.41, 5.74) is 5.85. The highest BCUT2D eigenvalue weighted by Gasteiger charge is 2.35. The number of ether oxygens (including phenoxy) is 3. The summed E-state index contributed by atoms with van der Waals surface area (Å²) in [7, 11) is -0.778. The molecule has 0 radical (unpaired) electrons. The van der Waals surface area contributed by atoms with Crippen molar-refractivity contribution in [3.63, 3.8) is 0 Å². The van der Waals surface area contributed by atoms with Gasteiger partial charge in [-0.05, 0) is 52.0 Å². The highest BCUT2D eigenvalue weighted by atomic mass is 31.2. The van der Waals surface area contributed by atoms with E-state index in [1.807, 2.05) is 6.92 Å². The fourth-order valence-corrected chi connectivity index (χ4v) is 6.87. The minimum atomic E-state index is -3.65. The number of rotatable bonds is 10. The van der Waals surface area contributed by atoms with E-state index < -0.39 is 61.5 Å². The zero-order valence-corrected chi connectivity index (χ0v) is 29.8. The third-order valence-electron chi connectivity index (χ3n) is 7.89. The fraction of sp³-hybridized carbons (Fsp3) is 0.576. The quantitative estimate of drug-likeness (QED) is 0.147. The number of primary amides is 1. The summed E-state index contributed by atoms with van der Waals surface area (Å²) < 4.78 is 40.4. The lowest BCUT2D eigenvalue weighted by Gasteiger charge is -2.30. The van der Waals surface area contributed by atoms with Crippen molar-refractivity contribution < 1.29 is 52.1 Å². The number of Topliss-reactive ketones (excluding diaryl/α,β-unsaturated/α-hetero) is 1. The molecule has 48 heavy (non-hydrogen) atoms. The maximum Gasteiger partial charge on any atom is 0.405 e. The second kappa shape index (κ2) is 19.0. The average Bonchev–Trinajstić information content (AvgIpc) is 3.02. The van der Waals surface area contributed by atoms with Crippen molar-refractivity contribution in [1.29, 1.82) is 0 Å². The van der Waals surface area contributed by atoms with Crippen LogP contribution in [0.5, 0.6) is 0 Å². The molecule has 0 aromatic carbocycles. The van der Waals surface area contributed by atoms with E-state index in [9.17, 15) is 28.8 Å². The smallest absolute Gasteiger partial charge is 0.405 e. The van der Waals surface area contributed by atoms with Crippen LogP contribution in [0.2, 0.25) is 0 Å². The standard InChI is InChI=1S/C33H50N3O11P/c1-9-45-48(42,46-10-2)18-35-28-23-14-19(3)15-27(44-8)29(38)21(5)16-22(6)31(47-33(34)41)26(43-7)13-11-12-20(4)32(40)36-24(30(23)39)17-25(28)37/h11-13,16-17,19,21,26-27,29,31,35,38H,9-10,14-15,18H2,1-8H3,(H2,34,41)(H,36,40)/b13-11-,20-12+,22-16+/t19-,21+,26+,27+,29-,31+/m1/s1. The molecular formula is C33H50N3O11P. The Hall–Kier alpha value is -3.39. The molecule has 0 fully saturated rings. The van der Waals surface area contributed by atoms with Gasteiger partial charge in [0, 0.05) is 37.4 Å². The Morgan fingerprint density at radius 3 is 2.31 bits per heavy atom. The van der Waals surface area contributed by atoms with Gasteiger partial charge in [0.2, 0.25) is 11.6 Å². The third-order valence-corrected chi connectivity index (χ3v) is 9.74. The average molecular weight is 696 g/mol. The predicted octanol–water partition coefficient (Wildman–Crippen LogP) is 3.58. The van der Waals surface area contributed by atoms with Gasteiger partial charge in [-0.2, -0.15) is 0 Å². The minimum absolute atomic E-state index is 0.0467. The molecule has 0 unspecified atom stereocenters. The molecule has 2 rings (SSSR count). The third kappa shape index (κ3) is 11.4. The molecule has 1 aliphatic carbocycles. The van der Waals surface area contributed by atoms with Gasteiger partial charge in [-0.15, -0.1) is 0 Å². The van der Waals surface area contributed by atoms with Gasteiger partial charge < -0.3 is 44.7 Å². The molecule has 0 spiro atoms. The lowest BCUT2D eigenvalue weighted by molar-refractivity contribution is -0.120. The number of allylic oxidation sites excluding steroid dienone is 4. The van der Waals surface area contributed by atoms with E-state index >= 15 is 0 Å². The number of aliphatic hydroxyl groups excluding tert-OH is 1. The first-order chi connectivity index (χ1) is 22.6. The number of carbonyl (C=O) groups is 4. The van der Waals surface area contributed by atoms with Gasteiger partial charge in [0.05, 0.1) is 36.8 Å². The van der Waals surface area contributed by atoms with E-state index in [1.165, 1.54) is 33.3 Å². The van der Waals surface area contributed by atoms with E-state index in [0.29, 0.717) is 5.57 Å². The first-order valence-corrected chi connectivity index (χ1v) is 17.5. The zero-order chi connectivity index (χ0) is 36.2. The lowest BCUT2D eigenvalue weighted by atomic mass is 9.85. The van der Waals surface area contributed by atoms with Gasteiger partial charge in [-0.1, -0.05) is 38.2 Å². The van der Waals surface area contributed by atoms with Crippen molar-refractivity contribution in [1.82, 2.24) is 10.6 Å². The number of fused-ring (bicyclic) bond motifs is 2. The van der Waals surface area contributed by atoms with Crippen LogP contribution in [-0.4, -0.2) is 86.8 Å². The van der Waals surface area contributed by atoms with Gasteiger partial charge in [0.25, 0.3) is 5.91 Å². The largest absolute Gasteiger partial charge is 0.439 e. The molecule has 2 amide bonds. The summed E-state index contributed by atoms with van der Waals surface area (Å²) in [6.07, 6.45) is 2.72. The van der Waals surface area contributed by atoms with Gasteiger partial charge in [-0.25, -0.2) is 4.79 Å². The van der Waals surface area contributed by atoms with Crippen molar-refractivity contribution in [3.8, 4) is 0 Å². The molecule has 0 aromatic heterocycles. The number of amides is 2. The normalized spacial score (nSPS) is 29.6. The second-order valence-corrected chi connectivity index (χ2v) is 13.8. The Bertz CT molecular complexity index is 1390. The molecular weight excluding hydrogens is 645 g/mol. The second-order valence-electron chi connectivity index (χ2n) is 11.7. The summed E-state index contributed by atoms with van der Waals surface area (Å²) in [6, 6.07) is 0. The van der Waals surface area contributed by atoms with Crippen LogP contribution in [0.3, 0.4) is 0 Å². The van der Waals surface area contributed by atoms with Crippen molar-refractivity contribution >= 4 is 31.2 Å². The van der Waals surface area contributed by atoms with E-state index in [1.54, 1.807) is 39.8 Å². The first kappa shape index (κ1) is 40.8. The van der Waals surface area contributed by atoms with E-state index in [0.717, 1.165) is 6.08 Å². The van der Waals surface area contributed by atoms with Crippen LogP contribution in [0.1, 0.15) is 54.4 Å². The van der Waals surface area contributed by atoms with Crippen LogP contribution in [0.15, 0.2) is 58.5 Å². The van der Waals surface area contributed by atoms with Crippen molar-refractivity contribution in [2.75, 3.05) is 33.7 Å². The van der Waals surface area contributed by atoms with Crippen molar-refractivity contribution in [3.05, 3.63) is 58.5 Å². The monoisotopic (exact) mass is 695 g/mol. The van der Waals surface area contributed by atoms with Crippen LogP contribution < -0.4 is 16.4 Å². The SMILES string of the molecule is CCOP(=O)(CNC1=C2C[C@@H](C)C[C@H](OC)[C@H](O)[C@@H](C)/C=C(\C)[C@H](OC(N)=O)[C@@H](OC)/C=C\C=C(/C)C(=O)NC(=CC1=O)C2=O)OCC. The Labute approximate surface area is 282 Å². The molecule has 0 saturated heterocycles. The number of aliphatic hydroxyl groups is 1. The number of methoxy groups -OCH3 is 2. The van der Waals surface area contributed by atoms with Crippen LogP contribution >= 0.6 is 7.60 Å². The summed E-state index contributed by atoms with van der Waals surface area (Å²) in [5, 5.41) is 16.7. The highest BCUT2D eigenvalue weighted by Crippen LogP contribution is 2.47. The summed E-state index contributed by atoms with van der Waals surface area (Å²) >= 11 is 0. The van der Waals surface area contributed by atoms with Gasteiger partial charge in [0.15, 0.2) is 6.10 Å². The molecule has 268 valence electrons. The fourth-order valence-electron chi connectivity index (χ4n) is 5.48. The minimum Gasteiger partial charge on any atom is -0.439 e. The lowest BCUT2D eigenvalue weighted by Crippen LogP contribution is -2.38. The Kier molecular flexibility index (Phi) is 16.1. The number of ketones is 2. The molecule has 15 heteroatoms. The van der Waals surface area contributed by atoms with E-state index in [4.69, 9.17) is 29.0 Å². The van der Waals surface area contributed by atoms with Gasteiger partial charge in [0.1, 0.15) is 12.4 Å². The Morgan fingerprint density at radius 2 is 1.75 bits per heavy atom.